The Hall–Kier alpha value is -2.49. The molecule has 0 rings (SSSR count). The Kier molecular flexibility index (Phi) is 9.36. The van der Waals surface area contributed by atoms with E-state index in [2.05, 4.69) is 21.3 Å². The van der Waals surface area contributed by atoms with Crippen LogP contribution in [0.25, 0.3) is 0 Å². The SMILES string of the molecule is C[C@H](N)C(=O)N[C@@H](C)C(=O)N[C@@H](C)C(=O)N[C@@H](C)C(=O)N[C@@H](C)C=O. The maximum atomic E-state index is 12.0. The molecule has 0 radical (unpaired) electrons. The lowest BCUT2D eigenvalue weighted by Crippen LogP contribution is -2.56. The molecule has 0 bridgehead atoms. The van der Waals surface area contributed by atoms with Crippen LogP contribution in [-0.2, 0) is 24.0 Å². The van der Waals surface area contributed by atoms with Crippen molar-refractivity contribution in [1.82, 2.24) is 21.3 Å². The highest BCUT2D eigenvalue weighted by Crippen LogP contribution is 1.92. The molecule has 10 nitrogen and oxygen atoms in total. The van der Waals surface area contributed by atoms with E-state index >= 15 is 0 Å². The lowest BCUT2D eigenvalue weighted by atomic mass is 10.2. The third kappa shape index (κ3) is 8.25. The van der Waals surface area contributed by atoms with Crippen molar-refractivity contribution in [3.05, 3.63) is 0 Å². The molecular weight excluding hydrogens is 330 g/mol. The average Bonchev–Trinajstić information content (AvgIpc) is 2.53. The Balaban J connectivity index is 4.49. The zero-order valence-corrected chi connectivity index (χ0v) is 15.1. The fourth-order valence-corrected chi connectivity index (χ4v) is 1.60. The summed E-state index contributed by atoms with van der Waals surface area (Å²) in [5.74, 6) is -2.16. The van der Waals surface area contributed by atoms with Crippen molar-refractivity contribution in [2.75, 3.05) is 0 Å². The summed E-state index contributed by atoms with van der Waals surface area (Å²) in [7, 11) is 0. The maximum absolute atomic E-state index is 12.0. The summed E-state index contributed by atoms with van der Waals surface area (Å²) in [6.45, 7) is 7.32. The Morgan fingerprint density at radius 1 is 0.680 bits per heavy atom. The molecule has 0 aliphatic heterocycles. The highest BCUT2D eigenvalue weighted by molar-refractivity contribution is 5.94. The van der Waals surface area contributed by atoms with Crippen LogP contribution in [0, 0.1) is 0 Å². The topological polar surface area (TPSA) is 159 Å². The van der Waals surface area contributed by atoms with Crippen molar-refractivity contribution in [3.63, 3.8) is 0 Å². The van der Waals surface area contributed by atoms with Crippen LogP contribution in [0.2, 0.25) is 0 Å². The molecule has 0 heterocycles. The first-order chi connectivity index (χ1) is 11.5. The van der Waals surface area contributed by atoms with Gasteiger partial charge in [0.15, 0.2) is 0 Å². The minimum atomic E-state index is -0.930. The summed E-state index contributed by atoms with van der Waals surface area (Å²) in [5, 5.41) is 9.65. The predicted octanol–water partition coefficient (Wildman–Crippen LogP) is -2.45. The average molecular weight is 357 g/mol. The van der Waals surface area contributed by atoms with Crippen LogP contribution in [0.4, 0.5) is 0 Å². The fourth-order valence-electron chi connectivity index (χ4n) is 1.60. The molecule has 142 valence electrons. The van der Waals surface area contributed by atoms with Gasteiger partial charge in [-0.2, -0.15) is 0 Å². The van der Waals surface area contributed by atoms with Crippen molar-refractivity contribution in [2.45, 2.75) is 64.8 Å². The quantitative estimate of drug-likeness (QED) is 0.288. The molecule has 0 aliphatic carbocycles. The number of carbonyl (C=O) groups excluding carboxylic acids is 5. The number of amides is 4. The Labute approximate surface area is 146 Å². The van der Waals surface area contributed by atoms with E-state index in [0.717, 1.165) is 0 Å². The van der Waals surface area contributed by atoms with Gasteiger partial charge in [-0.1, -0.05) is 0 Å². The fraction of sp³-hybridized carbons (Fsp3) is 0.667. The largest absolute Gasteiger partial charge is 0.345 e. The Morgan fingerprint density at radius 3 is 1.32 bits per heavy atom. The summed E-state index contributed by atoms with van der Waals surface area (Å²) < 4.78 is 0. The molecule has 0 fully saturated rings. The molecule has 0 spiro atoms. The van der Waals surface area contributed by atoms with Crippen molar-refractivity contribution >= 4 is 29.9 Å². The molecule has 0 saturated carbocycles. The molecule has 10 heteroatoms. The van der Waals surface area contributed by atoms with E-state index in [-0.39, 0.29) is 0 Å². The molecule has 0 aromatic heterocycles. The number of aldehydes is 1. The highest BCUT2D eigenvalue weighted by Gasteiger charge is 2.24. The standard InChI is InChI=1S/C15H27N5O5/c1-7(6-21)17-13(23)9(3)19-15(25)11(5)20-14(24)10(4)18-12(22)8(2)16/h6-11H,16H2,1-5H3,(H,17,23)(H,18,22)(H,19,25)(H,20,24)/t7-,8-,9-,10-,11-/m0/s1. The second-order valence-electron chi connectivity index (χ2n) is 5.91. The van der Waals surface area contributed by atoms with Crippen LogP contribution in [0.5, 0.6) is 0 Å². The number of carbonyl (C=O) groups is 5. The van der Waals surface area contributed by atoms with Crippen LogP contribution in [0.1, 0.15) is 34.6 Å². The van der Waals surface area contributed by atoms with E-state index in [0.29, 0.717) is 6.29 Å². The zero-order chi connectivity index (χ0) is 19.7. The molecule has 6 N–H and O–H groups in total. The van der Waals surface area contributed by atoms with E-state index in [9.17, 15) is 24.0 Å². The molecule has 0 aliphatic rings. The normalized spacial score (nSPS) is 16.4. The lowest BCUT2D eigenvalue weighted by molar-refractivity contribution is -0.133. The van der Waals surface area contributed by atoms with Gasteiger partial charge in [0.1, 0.15) is 24.4 Å². The van der Waals surface area contributed by atoms with Crippen LogP contribution in [0.3, 0.4) is 0 Å². The van der Waals surface area contributed by atoms with Gasteiger partial charge >= 0.3 is 0 Å². The van der Waals surface area contributed by atoms with Crippen molar-refractivity contribution in [2.24, 2.45) is 5.73 Å². The Morgan fingerprint density at radius 2 is 1.00 bits per heavy atom. The van der Waals surface area contributed by atoms with Gasteiger partial charge in [0.05, 0.1) is 12.1 Å². The molecular formula is C15H27N5O5. The van der Waals surface area contributed by atoms with E-state index in [1.807, 2.05) is 0 Å². The Bertz CT molecular complexity index is 522. The van der Waals surface area contributed by atoms with Gasteiger partial charge < -0.3 is 31.8 Å². The first-order valence-electron chi connectivity index (χ1n) is 7.92. The number of rotatable bonds is 9. The number of hydrogen-bond acceptors (Lipinski definition) is 6. The number of hydrogen-bond donors (Lipinski definition) is 5. The molecule has 0 aromatic rings. The molecule has 4 amide bonds. The molecule has 25 heavy (non-hydrogen) atoms. The van der Waals surface area contributed by atoms with E-state index < -0.39 is 53.8 Å². The van der Waals surface area contributed by atoms with Crippen LogP contribution in [0.15, 0.2) is 0 Å². The summed E-state index contributed by atoms with van der Waals surface area (Å²) in [4.78, 5) is 57.7. The number of nitrogens with one attached hydrogen (secondary N) is 4. The summed E-state index contributed by atoms with van der Waals surface area (Å²) in [6, 6.07) is -4.12. The van der Waals surface area contributed by atoms with Gasteiger partial charge in [-0.15, -0.1) is 0 Å². The minimum Gasteiger partial charge on any atom is -0.345 e. The van der Waals surface area contributed by atoms with Crippen molar-refractivity contribution in [1.29, 1.82) is 0 Å². The smallest absolute Gasteiger partial charge is 0.242 e. The molecule has 0 saturated heterocycles. The van der Waals surface area contributed by atoms with Gasteiger partial charge in [-0.3, -0.25) is 19.2 Å². The lowest BCUT2D eigenvalue weighted by Gasteiger charge is -2.21. The zero-order valence-electron chi connectivity index (χ0n) is 15.1. The summed E-state index contributed by atoms with van der Waals surface area (Å²) in [6.07, 6.45) is 0.563. The second-order valence-corrected chi connectivity index (χ2v) is 5.91. The van der Waals surface area contributed by atoms with Gasteiger partial charge in [-0.25, -0.2) is 0 Å². The minimum absolute atomic E-state index is 0.491. The van der Waals surface area contributed by atoms with Gasteiger partial charge in [-0.05, 0) is 34.6 Å². The van der Waals surface area contributed by atoms with Crippen molar-refractivity contribution in [3.8, 4) is 0 Å². The third-order valence-electron chi connectivity index (χ3n) is 3.24. The maximum Gasteiger partial charge on any atom is 0.242 e. The van der Waals surface area contributed by atoms with Gasteiger partial charge in [0.2, 0.25) is 23.6 Å². The molecule has 0 unspecified atom stereocenters. The van der Waals surface area contributed by atoms with E-state index in [1.165, 1.54) is 34.6 Å². The van der Waals surface area contributed by atoms with Crippen LogP contribution < -0.4 is 27.0 Å². The second kappa shape index (κ2) is 10.4. The summed E-state index contributed by atoms with van der Waals surface area (Å²) >= 11 is 0. The molecule has 0 aromatic carbocycles. The van der Waals surface area contributed by atoms with E-state index in [4.69, 9.17) is 5.73 Å². The molecule has 5 atom stereocenters. The van der Waals surface area contributed by atoms with Crippen LogP contribution >= 0.6 is 0 Å². The third-order valence-corrected chi connectivity index (χ3v) is 3.24. The first kappa shape index (κ1) is 22.5. The predicted molar refractivity (Wildman–Crippen MR) is 90.1 cm³/mol. The van der Waals surface area contributed by atoms with Crippen LogP contribution in [-0.4, -0.2) is 60.1 Å². The number of nitrogens with two attached hydrogens (primary N) is 1. The van der Waals surface area contributed by atoms with Gasteiger partial charge in [0.25, 0.3) is 0 Å². The van der Waals surface area contributed by atoms with Gasteiger partial charge in [0, 0.05) is 0 Å². The monoisotopic (exact) mass is 357 g/mol. The van der Waals surface area contributed by atoms with Crippen molar-refractivity contribution < 1.29 is 24.0 Å². The highest BCUT2D eigenvalue weighted by atomic mass is 16.2. The first-order valence-corrected chi connectivity index (χ1v) is 7.92. The summed E-state index contributed by atoms with van der Waals surface area (Å²) in [5.41, 5.74) is 5.39. The van der Waals surface area contributed by atoms with E-state index in [1.54, 1.807) is 0 Å².